The van der Waals surface area contributed by atoms with Crippen molar-refractivity contribution in [3.8, 4) is 11.1 Å². The predicted octanol–water partition coefficient (Wildman–Crippen LogP) is 3.31. The lowest BCUT2D eigenvalue weighted by Crippen LogP contribution is -2.26. The van der Waals surface area contributed by atoms with Gasteiger partial charge in [-0.1, -0.05) is 43.7 Å². The van der Waals surface area contributed by atoms with Crippen LogP contribution in [0.3, 0.4) is 0 Å². The van der Waals surface area contributed by atoms with E-state index in [0.29, 0.717) is 5.76 Å². The number of hydrogen-bond donors (Lipinski definition) is 2. The van der Waals surface area contributed by atoms with Crippen LogP contribution in [-0.2, 0) is 0 Å². The number of benzene rings is 1. The van der Waals surface area contributed by atoms with Crippen LogP contribution in [0, 0.1) is 12.3 Å². The molecule has 1 aromatic carbocycles. The van der Waals surface area contributed by atoms with Gasteiger partial charge in [-0.2, -0.15) is 0 Å². The molecule has 0 aliphatic heterocycles. The topological polar surface area (TPSA) is 53.6 Å². The van der Waals surface area contributed by atoms with E-state index in [1.165, 1.54) is 5.56 Å². The molecule has 3 heteroatoms. The van der Waals surface area contributed by atoms with E-state index in [4.69, 9.17) is 4.42 Å². The average Bonchev–Trinajstić information content (AvgIpc) is 2.87. The zero-order valence-corrected chi connectivity index (χ0v) is 11.6. The van der Waals surface area contributed by atoms with E-state index in [1.54, 1.807) is 20.1 Å². The fourth-order valence-corrected chi connectivity index (χ4v) is 1.95. The van der Waals surface area contributed by atoms with E-state index in [0.717, 1.165) is 11.1 Å². The van der Waals surface area contributed by atoms with Crippen molar-refractivity contribution in [3.63, 3.8) is 0 Å². The molecule has 0 saturated heterocycles. The first kappa shape index (κ1) is 13.8. The highest BCUT2D eigenvalue weighted by Gasteiger charge is 2.32. The van der Waals surface area contributed by atoms with E-state index in [-0.39, 0.29) is 6.61 Å². The van der Waals surface area contributed by atoms with Gasteiger partial charge < -0.3 is 14.6 Å². The van der Waals surface area contributed by atoms with Crippen molar-refractivity contribution in [1.29, 1.82) is 0 Å². The molecule has 2 N–H and O–H groups in total. The highest BCUT2D eigenvalue weighted by molar-refractivity contribution is 5.66. The minimum Gasteiger partial charge on any atom is -0.466 e. The summed E-state index contributed by atoms with van der Waals surface area (Å²) in [4.78, 5) is 0. The maximum absolute atomic E-state index is 10.4. The van der Waals surface area contributed by atoms with Gasteiger partial charge in [-0.3, -0.25) is 0 Å². The van der Waals surface area contributed by atoms with Crippen LogP contribution in [0.2, 0.25) is 0 Å². The fraction of sp³-hybridized carbons (Fsp3) is 0.375. The summed E-state index contributed by atoms with van der Waals surface area (Å²) in [5, 5.41) is 19.7. The maximum Gasteiger partial charge on any atom is 0.140 e. The molecule has 0 fully saturated rings. The van der Waals surface area contributed by atoms with E-state index < -0.39 is 11.5 Å². The van der Waals surface area contributed by atoms with Crippen LogP contribution in [0.1, 0.15) is 31.3 Å². The molecule has 2 aromatic rings. The SMILES string of the molecule is Cc1ccc(-c2ccoc2C(O)C(C)(C)CO)cc1. The van der Waals surface area contributed by atoms with Gasteiger partial charge in [-0.05, 0) is 18.6 Å². The van der Waals surface area contributed by atoms with Crippen molar-refractivity contribution < 1.29 is 14.6 Å². The Labute approximate surface area is 113 Å². The van der Waals surface area contributed by atoms with Gasteiger partial charge in [0, 0.05) is 11.0 Å². The Morgan fingerprint density at radius 2 is 1.79 bits per heavy atom. The van der Waals surface area contributed by atoms with Crippen LogP contribution in [0.4, 0.5) is 0 Å². The van der Waals surface area contributed by atoms with Crippen LogP contribution < -0.4 is 0 Å². The number of aliphatic hydroxyl groups is 2. The molecule has 0 aliphatic carbocycles. The average molecular weight is 260 g/mol. The van der Waals surface area contributed by atoms with Crippen LogP contribution in [0.5, 0.6) is 0 Å². The largest absolute Gasteiger partial charge is 0.466 e. The van der Waals surface area contributed by atoms with Crippen LogP contribution in [0.25, 0.3) is 11.1 Å². The zero-order valence-electron chi connectivity index (χ0n) is 11.6. The molecule has 102 valence electrons. The Hall–Kier alpha value is -1.58. The first-order chi connectivity index (χ1) is 8.95. The summed E-state index contributed by atoms with van der Waals surface area (Å²) in [6, 6.07) is 9.90. The summed E-state index contributed by atoms with van der Waals surface area (Å²) in [5.41, 5.74) is 2.42. The van der Waals surface area contributed by atoms with Crippen molar-refractivity contribution in [2.24, 2.45) is 5.41 Å². The summed E-state index contributed by atoms with van der Waals surface area (Å²) >= 11 is 0. The van der Waals surface area contributed by atoms with Gasteiger partial charge in [-0.15, -0.1) is 0 Å². The number of aryl methyl sites for hydroxylation is 1. The molecule has 19 heavy (non-hydrogen) atoms. The molecule has 1 atom stereocenters. The third kappa shape index (κ3) is 2.72. The van der Waals surface area contributed by atoms with Crippen molar-refractivity contribution >= 4 is 0 Å². The number of aliphatic hydroxyl groups excluding tert-OH is 2. The molecule has 1 heterocycles. The van der Waals surface area contributed by atoms with Gasteiger partial charge in [0.15, 0.2) is 0 Å². The first-order valence-corrected chi connectivity index (χ1v) is 6.39. The maximum atomic E-state index is 10.4. The molecule has 0 bridgehead atoms. The van der Waals surface area contributed by atoms with Gasteiger partial charge >= 0.3 is 0 Å². The Bertz CT molecular complexity index is 537. The lowest BCUT2D eigenvalue weighted by Gasteiger charge is -2.27. The molecule has 0 aliphatic rings. The van der Waals surface area contributed by atoms with E-state index in [2.05, 4.69) is 0 Å². The van der Waals surface area contributed by atoms with Crippen LogP contribution >= 0.6 is 0 Å². The molecule has 1 unspecified atom stereocenters. The summed E-state index contributed by atoms with van der Waals surface area (Å²) in [7, 11) is 0. The normalized spacial score (nSPS) is 13.5. The Kier molecular flexibility index (Phi) is 3.78. The molecule has 0 radical (unpaired) electrons. The molecule has 1 aromatic heterocycles. The molecule has 2 rings (SSSR count). The zero-order chi connectivity index (χ0) is 14.0. The second-order valence-electron chi connectivity index (χ2n) is 5.61. The highest BCUT2D eigenvalue weighted by atomic mass is 16.4. The molecule has 0 spiro atoms. The molecule has 3 nitrogen and oxygen atoms in total. The van der Waals surface area contributed by atoms with Gasteiger partial charge in [0.05, 0.1) is 12.9 Å². The number of rotatable bonds is 4. The second kappa shape index (κ2) is 5.19. The third-order valence-electron chi connectivity index (χ3n) is 3.45. The molecule has 0 amide bonds. The van der Waals surface area contributed by atoms with E-state index in [9.17, 15) is 10.2 Å². The Morgan fingerprint density at radius 3 is 2.37 bits per heavy atom. The minimum absolute atomic E-state index is 0.109. The Morgan fingerprint density at radius 1 is 1.16 bits per heavy atom. The number of furan rings is 1. The molecular weight excluding hydrogens is 240 g/mol. The van der Waals surface area contributed by atoms with Crippen LogP contribution in [-0.4, -0.2) is 16.8 Å². The summed E-state index contributed by atoms with van der Waals surface area (Å²) in [6.45, 7) is 5.53. The smallest absolute Gasteiger partial charge is 0.140 e. The van der Waals surface area contributed by atoms with Gasteiger partial charge in [0.1, 0.15) is 11.9 Å². The van der Waals surface area contributed by atoms with Crippen molar-refractivity contribution in [2.75, 3.05) is 6.61 Å². The van der Waals surface area contributed by atoms with Crippen molar-refractivity contribution in [2.45, 2.75) is 26.9 Å². The van der Waals surface area contributed by atoms with E-state index >= 15 is 0 Å². The lowest BCUT2D eigenvalue weighted by atomic mass is 9.84. The minimum atomic E-state index is -0.844. The van der Waals surface area contributed by atoms with Gasteiger partial charge in [-0.25, -0.2) is 0 Å². The van der Waals surface area contributed by atoms with Gasteiger partial charge in [0.25, 0.3) is 0 Å². The summed E-state index contributed by atoms with van der Waals surface area (Å²) < 4.78 is 5.44. The fourth-order valence-electron chi connectivity index (χ4n) is 1.95. The van der Waals surface area contributed by atoms with Crippen molar-refractivity contribution in [1.82, 2.24) is 0 Å². The van der Waals surface area contributed by atoms with Crippen molar-refractivity contribution in [3.05, 3.63) is 47.9 Å². The quantitative estimate of drug-likeness (QED) is 0.886. The third-order valence-corrected chi connectivity index (χ3v) is 3.45. The molecular formula is C16H20O3. The molecule has 0 saturated carbocycles. The number of hydrogen-bond acceptors (Lipinski definition) is 3. The van der Waals surface area contributed by atoms with E-state index in [1.807, 2.05) is 37.3 Å². The lowest BCUT2D eigenvalue weighted by molar-refractivity contribution is -0.00633. The van der Waals surface area contributed by atoms with Crippen LogP contribution in [0.15, 0.2) is 41.0 Å². The summed E-state index contributed by atoms with van der Waals surface area (Å²) in [5.74, 6) is 0.503. The predicted molar refractivity (Wildman–Crippen MR) is 74.7 cm³/mol. The highest BCUT2D eigenvalue weighted by Crippen LogP contribution is 2.38. The monoisotopic (exact) mass is 260 g/mol. The summed E-state index contributed by atoms with van der Waals surface area (Å²) in [6.07, 6.45) is 0.727. The first-order valence-electron chi connectivity index (χ1n) is 6.39. The van der Waals surface area contributed by atoms with Gasteiger partial charge in [0.2, 0.25) is 0 Å². The Balaban J connectivity index is 2.40. The second-order valence-corrected chi connectivity index (χ2v) is 5.61. The standard InChI is InChI=1S/C16H20O3/c1-11-4-6-12(7-5-11)13-8-9-19-14(13)15(18)16(2,3)10-17/h4-9,15,17-18H,10H2,1-3H3.